The van der Waals surface area contributed by atoms with Crippen molar-refractivity contribution in [3.8, 4) is 0 Å². The third-order valence-corrected chi connectivity index (χ3v) is 4.42. The van der Waals surface area contributed by atoms with Gasteiger partial charge in [0.2, 0.25) is 0 Å². The molecule has 8 heteroatoms. The smallest absolute Gasteiger partial charge is 0.345 e. The molecular weight excluding hydrogens is 336 g/mol. The van der Waals surface area contributed by atoms with Crippen LogP contribution in [0.5, 0.6) is 0 Å². The Hall–Kier alpha value is -2.15. The number of ether oxygens (including phenoxy) is 1. The number of nitrogens with zero attached hydrogens (tertiary/aromatic N) is 2. The van der Waals surface area contributed by atoms with E-state index in [0.29, 0.717) is 0 Å². The van der Waals surface area contributed by atoms with Crippen molar-refractivity contribution in [2.75, 3.05) is 6.61 Å². The van der Waals surface area contributed by atoms with Gasteiger partial charge >= 0.3 is 5.97 Å². The first-order valence-electron chi connectivity index (χ1n) is 7.73. The molecule has 1 heterocycles. The molecule has 0 unspecified atom stereocenters. The molecule has 0 aliphatic carbocycles. The zero-order valence-corrected chi connectivity index (χ0v) is 14.3. The molecule has 7 nitrogen and oxygen atoms in total. The number of hydrogen-bond acceptors (Lipinski definition) is 5. The molecule has 1 aliphatic rings. The minimum absolute atomic E-state index is 0.0838. The van der Waals surface area contributed by atoms with Gasteiger partial charge in [0, 0.05) is 23.2 Å². The largest absolute Gasteiger partial charge is 0.452 e. The number of piperidine rings is 1. The third kappa shape index (κ3) is 4.03. The van der Waals surface area contributed by atoms with Crippen molar-refractivity contribution >= 4 is 29.2 Å². The quantitative estimate of drug-likeness (QED) is 0.470. The molecule has 2 rings (SSSR count). The number of nitro groups is 1. The molecule has 1 fully saturated rings. The van der Waals surface area contributed by atoms with Crippen molar-refractivity contribution in [1.29, 1.82) is 0 Å². The van der Waals surface area contributed by atoms with Crippen molar-refractivity contribution in [1.82, 2.24) is 4.90 Å². The van der Waals surface area contributed by atoms with E-state index >= 15 is 0 Å². The molecule has 2 atom stereocenters. The van der Waals surface area contributed by atoms with E-state index in [4.69, 9.17) is 16.3 Å². The Labute approximate surface area is 144 Å². The summed E-state index contributed by atoms with van der Waals surface area (Å²) < 4.78 is 4.99. The average molecular weight is 355 g/mol. The number of nitro benzene ring substituents is 1. The summed E-state index contributed by atoms with van der Waals surface area (Å²) in [5.74, 6) is -1.23. The minimum Gasteiger partial charge on any atom is -0.452 e. The normalized spacial score (nSPS) is 20.5. The number of rotatable bonds is 4. The summed E-state index contributed by atoms with van der Waals surface area (Å²) in [6.45, 7) is 3.46. The van der Waals surface area contributed by atoms with Gasteiger partial charge in [0.1, 0.15) is 5.56 Å². The number of hydrogen-bond donors (Lipinski definition) is 0. The molecule has 0 aromatic heterocycles. The van der Waals surface area contributed by atoms with E-state index in [1.165, 1.54) is 12.1 Å². The molecule has 1 aromatic rings. The van der Waals surface area contributed by atoms with E-state index in [-0.39, 0.29) is 28.6 Å². The van der Waals surface area contributed by atoms with Crippen molar-refractivity contribution in [2.24, 2.45) is 0 Å². The van der Waals surface area contributed by atoms with Crippen LogP contribution in [0.2, 0.25) is 5.02 Å². The van der Waals surface area contributed by atoms with Crippen LogP contribution >= 0.6 is 11.6 Å². The van der Waals surface area contributed by atoms with Gasteiger partial charge in [-0.05, 0) is 45.2 Å². The lowest BCUT2D eigenvalue weighted by molar-refractivity contribution is -0.385. The highest BCUT2D eigenvalue weighted by atomic mass is 35.5. The molecule has 0 bridgehead atoms. The van der Waals surface area contributed by atoms with Gasteiger partial charge in [0.05, 0.1) is 4.92 Å². The summed E-state index contributed by atoms with van der Waals surface area (Å²) in [7, 11) is 0. The van der Waals surface area contributed by atoms with Crippen LogP contribution in [-0.2, 0) is 9.53 Å². The van der Waals surface area contributed by atoms with Gasteiger partial charge in [-0.25, -0.2) is 4.79 Å². The summed E-state index contributed by atoms with van der Waals surface area (Å²) in [4.78, 5) is 36.5. The van der Waals surface area contributed by atoms with E-state index in [1.54, 1.807) is 4.90 Å². The molecule has 130 valence electrons. The Bertz CT molecular complexity index is 654. The van der Waals surface area contributed by atoms with E-state index in [9.17, 15) is 19.7 Å². The lowest BCUT2D eigenvalue weighted by atomic mass is 9.97. The molecule has 1 saturated heterocycles. The van der Waals surface area contributed by atoms with Crippen LogP contribution in [0.15, 0.2) is 18.2 Å². The van der Waals surface area contributed by atoms with Gasteiger partial charge in [-0.15, -0.1) is 0 Å². The van der Waals surface area contributed by atoms with E-state index in [0.717, 1.165) is 25.3 Å². The predicted octanol–water partition coefficient (Wildman–Crippen LogP) is 3.19. The fraction of sp³-hybridized carbons (Fsp3) is 0.500. The Morgan fingerprint density at radius 1 is 1.33 bits per heavy atom. The molecule has 0 saturated carbocycles. The Balaban J connectivity index is 2.07. The maximum absolute atomic E-state index is 12.3. The number of amides is 1. The first kappa shape index (κ1) is 18.2. The maximum atomic E-state index is 12.3. The first-order valence-corrected chi connectivity index (χ1v) is 8.11. The predicted molar refractivity (Wildman–Crippen MR) is 88.0 cm³/mol. The third-order valence-electron chi connectivity index (χ3n) is 4.18. The summed E-state index contributed by atoms with van der Waals surface area (Å²) in [5.41, 5.74) is -0.670. The number of likely N-dealkylation sites (tertiary alicyclic amines) is 1. The second kappa shape index (κ2) is 7.61. The van der Waals surface area contributed by atoms with Crippen molar-refractivity contribution in [3.05, 3.63) is 38.9 Å². The maximum Gasteiger partial charge on any atom is 0.345 e. The second-order valence-corrected chi connectivity index (χ2v) is 6.36. The number of halogens is 1. The van der Waals surface area contributed by atoms with Crippen LogP contribution in [0.4, 0.5) is 5.69 Å². The van der Waals surface area contributed by atoms with Crippen molar-refractivity contribution < 1.29 is 19.2 Å². The highest BCUT2D eigenvalue weighted by Gasteiger charge is 2.30. The van der Waals surface area contributed by atoms with Gasteiger partial charge in [-0.3, -0.25) is 14.9 Å². The second-order valence-electron chi connectivity index (χ2n) is 5.92. The van der Waals surface area contributed by atoms with Gasteiger partial charge in [-0.2, -0.15) is 0 Å². The molecule has 24 heavy (non-hydrogen) atoms. The summed E-state index contributed by atoms with van der Waals surface area (Å²) in [6.07, 6.45) is 2.87. The zero-order chi connectivity index (χ0) is 17.9. The molecule has 1 aromatic carbocycles. The number of carbonyl (C=O) groups is 2. The topological polar surface area (TPSA) is 89.8 Å². The first-order chi connectivity index (χ1) is 11.3. The van der Waals surface area contributed by atoms with Gasteiger partial charge < -0.3 is 9.64 Å². The Morgan fingerprint density at radius 3 is 2.54 bits per heavy atom. The van der Waals surface area contributed by atoms with Crippen LogP contribution in [-0.4, -0.2) is 40.4 Å². The molecule has 1 amide bonds. The Kier molecular flexibility index (Phi) is 5.77. The Morgan fingerprint density at radius 2 is 1.96 bits per heavy atom. The van der Waals surface area contributed by atoms with E-state index < -0.39 is 23.2 Å². The molecule has 0 spiro atoms. The monoisotopic (exact) mass is 354 g/mol. The van der Waals surface area contributed by atoms with Gasteiger partial charge in [0.25, 0.3) is 11.6 Å². The van der Waals surface area contributed by atoms with Crippen LogP contribution < -0.4 is 0 Å². The standard InChI is InChI=1S/C16H19ClN2O5/c1-10-4-3-5-11(2)18(10)15(20)9-24-16(21)13-8-12(17)6-7-14(13)19(22)23/h6-8,10-11H,3-5,9H2,1-2H3/t10-,11+. The highest BCUT2D eigenvalue weighted by Crippen LogP contribution is 2.25. The average Bonchev–Trinajstić information content (AvgIpc) is 2.52. The lowest BCUT2D eigenvalue weighted by Crippen LogP contribution is -2.49. The van der Waals surface area contributed by atoms with Gasteiger partial charge in [0.15, 0.2) is 6.61 Å². The van der Waals surface area contributed by atoms with Crippen LogP contribution in [0.3, 0.4) is 0 Å². The van der Waals surface area contributed by atoms with E-state index in [2.05, 4.69) is 0 Å². The van der Waals surface area contributed by atoms with Crippen LogP contribution in [0.1, 0.15) is 43.5 Å². The van der Waals surface area contributed by atoms with Crippen LogP contribution in [0.25, 0.3) is 0 Å². The summed E-state index contributed by atoms with van der Waals surface area (Å²) in [6, 6.07) is 3.79. The summed E-state index contributed by atoms with van der Waals surface area (Å²) in [5, 5.41) is 11.2. The summed E-state index contributed by atoms with van der Waals surface area (Å²) >= 11 is 5.78. The van der Waals surface area contributed by atoms with Crippen molar-refractivity contribution in [3.63, 3.8) is 0 Å². The minimum atomic E-state index is -0.935. The lowest BCUT2D eigenvalue weighted by Gasteiger charge is -2.38. The highest BCUT2D eigenvalue weighted by molar-refractivity contribution is 6.31. The number of benzene rings is 1. The molecular formula is C16H19ClN2O5. The number of carbonyl (C=O) groups excluding carboxylic acids is 2. The number of esters is 1. The van der Waals surface area contributed by atoms with Gasteiger partial charge in [-0.1, -0.05) is 11.6 Å². The molecule has 0 N–H and O–H groups in total. The van der Waals surface area contributed by atoms with Crippen LogP contribution in [0, 0.1) is 10.1 Å². The fourth-order valence-electron chi connectivity index (χ4n) is 3.02. The van der Waals surface area contributed by atoms with E-state index in [1.807, 2.05) is 13.8 Å². The van der Waals surface area contributed by atoms with Crippen molar-refractivity contribution in [2.45, 2.75) is 45.2 Å². The SMILES string of the molecule is C[C@@H]1CCC[C@H](C)N1C(=O)COC(=O)c1cc(Cl)ccc1[N+](=O)[O-]. The molecule has 1 aliphatic heterocycles. The fourth-order valence-corrected chi connectivity index (χ4v) is 3.20. The molecule has 0 radical (unpaired) electrons. The zero-order valence-electron chi connectivity index (χ0n) is 13.5.